The second-order valence-electron chi connectivity index (χ2n) is 14.1. The van der Waals surface area contributed by atoms with Crippen LogP contribution in [-0.2, 0) is 0 Å². The lowest BCUT2D eigenvalue weighted by Gasteiger charge is -2.29. The van der Waals surface area contributed by atoms with E-state index in [4.69, 9.17) is 0 Å². The van der Waals surface area contributed by atoms with Gasteiger partial charge >= 0.3 is 0 Å². The molecule has 9 aromatic carbocycles. The van der Waals surface area contributed by atoms with E-state index in [9.17, 15) is 0 Å². The summed E-state index contributed by atoms with van der Waals surface area (Å²) in [6.45, 7) is 0. The summed E-state index contributed by atoms with van der Waals surface area (Å²) in [7, 11) is 0. The summed E-state index contributed by atoms with van der Waals surface area (Å²) in [5.41, 5.74) is 16.3. The average Bonchev–Trinajstić information content (AvgIpc) is 3.62. The maximum Gasteiger partial charge on any atom is 0.0541 e. The quantitative estimate of drug-likeness (QED) is 0.152. The largest absolute Gasteiger partial charge is 0.310 e. The van der Waals surface area contributed by atoms with E-state index >= 15 is 0 Å². The van der Waals surface area contributed by atoms with Crippen LogP contribution in [0.3, 0.4) is 0 Å². The highest BCUT2D eigenvalue weighted by atomic mass is 15.1. The molecule has 0 aliphatic heterocycles. The normalized spacial score (nSPS) is 11.2. The van der Waals surface area contributed by atoms with Gasteiger partial charge in [0.2, 0.25) is 0 Å². The smallest absolute Gasteiger partial charge is 0.0541 e. The second kappa shape index (κ2) is 14.4. The topological polar surface area (TPSA) is 8.17 Å². The lowest BCUT2D eigenvalue weighted by molar-refractivity contribution is 1.18. The van der Waals surface area contributed by atoms with E-state index in [0.29, 0.717) is 0 Å². The molecule has 0 unspecified atom stereocenters. The van der Waals surface area contributed by atoms with Crippen LogP contribution in [0.4, 0.5) is 17.1 Å². The Morgan fingerprint density at radius 2 is 0.714 bits per heavy atom. The number of rotatable bonds is 8. The SMILES string of the molecule is c1ccc(-c2ccc(-c3cc(-c4ccccc4-n4c5ccccc5c5ccccc54)ccc3N(c3ccccc3)c3ccc(-c4ccccc4)cc3)cc2)cc1. The van der Waals surface area contributed by atoms with Crippen LogP contribution in [0.1, 0.15) is 0 Å². The third kappa shape index (κ3) is 6.04. The third-order valence-electron chi connectivity index (χ3n) is 10.8. The standard InChI is InChI=1S/C54H38N2/c1-4-16-39(17-5-1)41-28-30-43(31-29-41)50-38-44(47-22-10-13-25-51(47)56-52-26-14-11-23-48(52)49-24-12-15-27-53(49)56)34-37-54(50)55(45-20-8-3-9-21-45)46-35-32-42(33-36-46)40-18-6-2-7-19-40/h1-38H. The molecule has 0 fully saturated rings. The third-order valence-corrected chi connectivity index (χ3v) is 10.8. The van der Waals surface area contributed by atoms with Crippen molar-refractivity contribution >= 4 is 38.9 Å². The lowest BCUT2D eigenvalue weighted by Crippen LogP contribution is -2.11. The second-order valence-corrected chi connectivity index (χ2v) is 14.1. The molecule has 0 saturated carbocycles. The fraction of sp³-hybridized carbons (Fsp3) is 0. The van der Waals surface area contributed by atoms with Gasteiger partial charge in [0.15, 0.2) is 0 Å². The molecule has 1 heterocycles. The number of aromatic nitrogens is 1. The van der Waals surface area contributed by atoms with Gasteiger partial charge in [-0.15, -0.1) is 0 Å². The Kier molecular flexibility index (Phi) is 8.55. The van der Waals surface area contributed by atoms with Crippen LogP contribution in [0.5, 0.6) is 0 Å². The predicted octanol–water partition coefficient (Wildman–Crippen LogP) is 14.9. The molecule has 264 valence electrons. The van der Waals surface area contributed by atoms with E-state index in [1.54, 1.807) is 0 Å². The highest BCUT2D eigenvalue weighted by Gasteiger charge is 2.21. The zero-order valence-electron chi connectivity index (χ0n) is 30.8. The summed E-state index contributed by atoms with van der Waals surface area (Å²) in [5, 5.41) is 2.51. The first-order valence-corrected chi connectivity index (χ1v) is 19.2. The highest BCUT2D eigenvalue weighted by molar-refractivity contribution is 6.09. The lowest BCUT2D eigenvalue weighted by atomic mass is 9.94. The number of benzene rings is 9. The van der Waals surface area contributed by atoms with Crippen molar-refractivity contribution in [1.29, 1.82) is 0 Å². The number of anilines is 3. The van der Waals surface area contributed by atoms with Crippen molar-refractivity contribution in [2.45, 2.75) is 0 Å². The Hall–Kier alpha value is -7.42. The molecule has 56 heavy (non-hydrogen) atoms. The van der Waals surface area contributed by atoms with Crippen molar-refractivity contribution in [3.63, 3.8) is 0 Å². The summed E-state index contributed by atoms with van der Waals surface area (Å²) >= 11 is 0. The Bertz CT molecular complexity index is 2870. The van der Waals surface area contributed by atoms with E-state index in [-0.39, 0.29) is 0 Å². The average molecular weight is 715 g/mol. The van der Waals surface area contributed by atoms with Crippen LogP contribution < -0.4 is 4.90 Å². The number of hydrogen-bond acceptors (Lipinski definition) is 1. The molecular formula is C54H38N2. The van der Waals surface area contributed by atoms with Crippen LogP contribution in [0.15, 0.2) is 231 Å². The fourth-order valence-electron chi connectivity index (χ4n) is 8.14. The van der Waals surface area contributed by atoms with Crippen molar-refractivity contribution in [3.05, 3.63) is 231 Å². The van der Waals surface area contributed by atoms with Crippen molar-refractivity contribution in [1.82, 2.24) is 4.57 Å². The minimum absolute atomic E-state index is 1.09. The zero-order chi connectivity index (χ0) is 37.3. The van der Waals surface area contributed by atoms with E-state index in [1.807, 2.05) is 0 Å². The molecular weight excluding hydrogens is 677 g/mol. The molecule has 0 atom stereocenters. The van der Waals surface area contributed by atoms with Crippen LogP contribution in [0.2, 0.25) is 0 Å². The molecule has 2 nitrogen and oxygen atoms in total. The van der Waals surface area contributed by atoms with Crippen LogP contribution in [0.25, 0.3) is 72.0 Å². The molecule has 2 heteroatoms. The summed E-state index contributed by atoms with van der Waals surface area (Å²) in [5.74, 6) is 0. The van der Waals surface area contributed by atoms with E-state index in [0.717, 1.165) is 39.4 Å². The van der Waals surface area contributed by atoms with E-state index in [2.05, 4.69) is 240 Å². The molecule has 10 rings (SSSR count). The fourth-order valence-corrected chi connectivity index (χ4v) is 8.14. The maximum atomic E-state index is 2.42. The maximum absolute atomic E-state index is 2.42. The minimum Gasteiger partial charge on any atom is -0.310 e. The van der Waals surface area contributed by atoms with Gasteiger partial charge in [0.25, 0.3) is 0 Å². The van der Waals surface area contributed by atoms with Gasteiger partial charge < -0.3 is 9.47 Å². The molecule has 0 spiro atoms. The van der Waals surface area contributed by atoms with Gasteiger partial charge in [0.05, 0.1) is 22.4 Å². The predicted molar refractivity (Wildman–Crippen MR) is 237 cm³/mol. The molecule has 0 aliphatic carbocycles. The van der Waals surface area contributed by atoms with Crippen molar-refractivity contribution < 1.29 is 0 Å². The van der Waals surface area contributed by atoms with Crippen molar-refractivity contribution in [2.75, 3.05) is 4.90 Å². The zero-order valence-corrected chi connectivity index (χ0v) is 30.8. The van der Waals surface area contributed by atoms with Crippen molar-refractivity contribution in [2.24, 2.45) is 0 Å². The summed E-state index contributed by atoms with van der Waals surface area (Å²) < 4.78 is 2.42. The Morgan fingerprint density at radius 3 is 1.32 bits per heavy atom. The van der Waals surface area contributed by atoms with Gasteiger partial charge in [0.1, 0.15) is 0 Å². The first kappa shape index (κ1) is 33.2. The highest BCUT2D eigenvalue weighted by Crippen LogP contribution is 2.44. The molecule has 10 aromatic rings. The first-order chi connectivity index (χ1) is 27.8. The molecule has 0 bridgehead atoms. The van der Waals surface area contributed by atoms with Gasteiger partial charge in [-0.25, -0.2) is 0 Å². The Labute approximate surface area is 327 Å². The minimum atomic E-state index is 1.09. The Balaban J connectivity index is 1.17. The number of nitrogens with zero attached hydrogens (tertiary/aromatic N) is 2. The number of para-hydroxylation sites is 4. The van der Waals surface area contributed by atoms with E-state index < -0.39 is 0 Å². The summed E-state index contributed by atoms with van der Waals surface area (Å²) in [6.07, 6.45) is 0. The van der Waals surface area contributed by atoms with Gasteiger partial charge in [-0.3, -0.25) is 0 Å². The first-order valence-electron chi connectivity index (χ1n) is 19.2. The number of hydrogen-bond donors (Lipinski definition) is 0. The van der Waals surface area contributed by atoms with Gasteiger partial charge in [-0.05, 0) is 88.0 Å². The van der Waals surface area contributed by atoms with Gasteiger partial charge in [-0.1, -0.05) is 176 Å². The van der Waals surface area contributed by atoms with Crippen LogP contribution >= 0.6 is 0 Å². The van der Waals surface area contributed by atoms with E-state index in [1.165, 1.54) is 49.6 Å². The summed E-state index contributed by atoms with van der Waals surface area (Å²) in [6, 6.07) is 83.1. The van der Waals surface area contributed by atoms with Gasteiger partial charge in [0, 0.05) is 33.3 Å². The molecule has 0 radical (unpaired) electrons. The number of fused-ring (bicyclic) bond motifs is 3. The Morgan fingerprint density at radius 1 is 0.286 bits per heavy atom. The molecule has 0 N–H and O–H groups in total. The molecule has 1 aromatic heterocycles. The summed E-state index contributed by atoms with van der Waals surface area (Å²) in [4.78, 5) is 2.39. The molecule has 0 aliphatic rings. The molecule has 0 saturated heterocycles. The monoisotopic (exact) mass is 714 g/mol. The molecule has 0 amide bonds. The van der Waals surface area contributed by atoms with Gasteiger partial charge in [-0.2, -0.15) is 0 Å². The van der Waals surface area contributed by atoms with Crippen LogP contribution in [-0.4, -0.2) is 4.57 Å². The van der Waals surface area contributed by atoms with Crippen molar-refractivity contribution in [3.8, 4) is 50.2 Å². The van der Waals surface area contributed by atoms with Crippen LogP contribution in [0, 0.1) is 0 Å².